The lowest BCUT2D eigenvalue weighted by molar-refractivity contribution is 0.102. The molecule has 24 heavy (non-hydrogen) atoms. The molecule has 0 aliphatic heterocycles. The molecule has 2 aromatic carbocycles. The highest BCUT2D eigenvalue weighted by atomic mass is 35.5. The molecule has 0 saturated heterocycles. The molecular formula is C18H16ClN3O2. The summed E-state index contributed by atoms with van der Waals surface area (Å²) >= 11 is 6.18. The molecule has 0 unspecified atom stereocenters. The van der Waals surface area contributed by atoms with Crippen LogP contribution < -0.4 is 10.1 Å². The predicted molar refractivity (Wildman–Crippen MR) is 93.7 cm³/mol. The SMILES string of the molecule is COc1cccc(C(=O)Nc2nn(Cc3ccccc3)cc2Cl)c1. The average Bonchev–Trinajstić information content (AvgIpc) is 2.95. The lowest BCUT2D eigenvalue weighted by Gasteiger charge is -2.05. The van der Waals surface area contributed by atoms with E-state index in [9.17, 15) is 4.79 Å². The molecule has 1 heterocycles. The second-order valence-corrected chi connectivity index (χ2v) is 5.60. The third kappa shape index (κ3) is 3.75. The maximum Gasteiger partial charge on any atom is 0.257 e. The Labute approximate surface area is 144 Å². The van der Waals surface area contributed by atoms with Gasteiger partial charge in [0.1, 0.15) is 10.8 Å². The summed E-state index contributed by atoms with van der Waals surface area (Å²) in [4.78, 5) is 12.3. The third-order valence-corrected chi connectivity index (χ3v) is 3.74. The van der Waals surface area contributed by atoms with Gasteiger partial charge < -0.3 is 10.1 Å². The fraction of sp³-hybridized carbons (Fsp3) is 0.111. The summed E-state index contributed by atoms with van der Waals surface area (Å²) in [5.74, 6) is 0.657. The molecule has 3 rings (SSSR count). The highest BCUT2D eigenvalue weighted by molar-refractivity contribution is 6.33. The van der Waals surface area contributed by atoms with Crippen LogP contribution in [0.5, 0.6) is 5.75 Å². The van der Waals surface area contributed by atoms with Gasteiger partial charge in [0, 0.05) is 11.8 Å². The molecule has 0 spiro atoms. The lowest BCUT2D eigenvalue weighted by Crippen LogP contribution is -2.13. The molecule has 0 fully saturated rings. The lowest BCUT2D eigenvalue weighted by atomic mass is 10.2. The number of aromatic nitrogens is 2. The van der Waals surface area contributed by atoms with Gasteiger partial charge in [0.2, 0.25) is 0 Å². The Bertz CT molecular complexity index is 846. The number of halogens is 1. The minimum absolute atomic E-state index is 0.291. The number of nitrogens with zero attached hydrogens (tertiary/aromatic N) is 2. The molecule has 0 bridgehead atoms. The molecule has 3 aromatic rings. The molecule has 6 heteroatoms. The zero-order valence-electron chi connectivity index (χ0n) is 13.1. The number of carbonyl (C=O) groups is 1. The van der Waals surface area contributed by atoms with Crippen LogP contribution >= 0.6 is 11.6 Å². The van der Waals surface area contributed by atoms with Gasteiger partial charge in [0.15, 0.2) is 5.82 Å². The Morgan fingerprint density at radius 2 is 2.00 bits per heavy atom. The Balaban J connectivity index is 1.74. The molecule has 1 aromatic heterocycles. The van der Waals surface area contributed by atoms with E-state index >= 15 is 0 Å². The quantitative estimate of drug-likeness (QED) is 0.767. The zero-order valence-corrected chi connectivity index (χ0v) is 13.8. The number of ether oxygens (including phenoxy) is 1. The van der Waals surface area contributed by atoms with Gasteiger partial charge in [-0.2, -0.15) is 5.10 Å². The first-order valence-electron chi connectivity index (χ1n) is 7.38. The highest BCUT2D eigenvalue weighted by Crippen LogP contribution is 2.21. The predicted octanol–water partition coefficient (Wildman–Crippen LogP) is 3.85. The minimum Gasteiger partial charge on any atom is -0.497 e. The van der Waals surface area contributed by atoms with Crippen molar-refractivity contribution in [3.63, 3.8) is 0 Å². The summed E-state index contributed by atoms with van der Waals surface area (Å²) in [7, 11) is 1.55. The first kappa shape index (κ1) is 16.1. The molecule has 0 atom stereocenters. The van der Waals surface area contributed by atoms with Crippen molar-refractivity contribution in [3.05, 3.63) is 76.9 Å². The van der Waals surface area contributed by atoms with Crippen LogP contribution in [0.15, 0.2) is 60.8 Å². The van der Waals surface area contributed by atoms with Crippen molar-refractivity contribution in [2.45, 2.75) is 6.54 Å². The first-order valence-corrected chi connectivity index (χ1v) is 7.76. The van der Waals surface area contributed by atoms with Gasteiger partial charge >= 0.3 is 0 Å². The molecule has 0 aliphatic carbocycles. The van der Waals surface area contributed by atoms with Crippen molar-refractivity contribution < 1.29 is 9.53 Å². The average molecular weight is 342 g/mol. The number of methoxy groups -OCH3 is 1. The van der Waals surface area contributed by atoms with Gasteiger partial charge in [-0.25, -0.2) is 0 Å². The fourth-order valence-electron chi connectivity index (χ4n) is 2.28. The van der Waals surface area contributed by atoms with Gasteiger partial charge in [-0.3, -0.25) is 9.48 Å². The van der Waals surface area contributed by atoms with E-state index in [-0.39, 0.29) is 5.91 Å². The van der Waals surface area contributed by atoms with Crippen molar-refractivity contribution in [3.8, 4) is 5.75 Å². The molecule has 0 radical (unpaired) electrons. The Kier molecular flexibility index (Phi) is 4.82. The number of nitrogens with one attached hydrogen (secondary N) is 1. The second kappa shape index (κ2) is 7.19. The van der Waals surface area contributed by atoms with E-state index in [0.717, 1.165) is 5.56 Å². The molecule has 1 N–H and O–H groups in total. The van der Waals surface area contributed by atoms with E-state index in [1.54, 1.807) is 42.3 Å². The van der Waals surface area contributed by atoms with Crippen molar-refractivity contribution in [1.82, 2.24) is 9.78 Å². The number of hydrogen-bond donors (Lipinski definition) is 1. The van der Waals surface area contributed by atoms with Crippen LogP contribution in [0.4, 0.5) is 5.82 Å². The summed E-state index contributed by atoms with van der Waals surface area (Å²) < 4.78 is 6.82. The van der Waals surface area contributed by atoms with E-state index in [2.05, 4.69) is 10.4 Å². The number of carbonyl (C=O) groups excluding carboxylic acids is 1. The van der Waals surface area contributed by atoms with Gasteiger partial charge in [0.25, 0.3) is 5.91 Å². The molecule has 122 valence electrons. The molecule has 5 nitrogen and oxygen atoms in total. The Morgan fingerprint density at radius 3 is 2.75 bits per heavy atom. The fourth-order valence-corrected chi connectivity index (χ4v) is 2.47. The molecule has 1 amide bonds. The van der Waals surface area contributed by atoms with Crippen LogP contribution in [0.2, 0.25) is 5.02 Å². The maximum absolute atomic E-state index is 12.3. The van der Waals surface area contributed by atoms with Crippen LogP contribution in [-0.2, 0) is 6.54 Å². The highest BCUT2D eigenvalue weighted by Gasteiger charge is 2.13. The smallest absolute Gasteiger partial charge is 0.257 e. The number of hydrogen-bond acceptors (Lipinski definition) is 3. The van der Waals surface area contributed by atoms with Gasteiger partial charge in [-0.1, -0.05) is 48.0 Å². The summed E-state index contributed by atoms with van der Waals surface area (Å²) in [6.07, 6.45) is 1.69. The largest absolute Gasteiger partial charge is 0.497 e. The standard InChI is InChI=1S/C18H16ClN3O2/c1-24-15-9-5-8-14(10-15)18(23)20-17-16(19)12-22(21-17)11-13-6-3-2-4-7-13/h2-10,12H,11H2,1H3,(H,20,21,23). The molecule has 0 saturated carbocycles. The molecular weight excluding hydrogens is 326 g/mol. The van der Waals surface area contributed by atoms with Crippen molar-refractivity contribution in [2.75, 3.05) is 12.4 Å². The number of benzene rings is 2. The van der Waals surface area contributed by atoms with Crippen LogP contribution in [0, 0.1) is 0 Å². The Morgan fingerprint density at radius 1 is 1.21 bits per heavy atom. The van der Waals surface area contributed by atoms with E-state index in [1.165, 1.54) is 0 Å². The topological polar surface area (TPSA) is 56.1 Å². The van der Waals surface area contributed by atoms with Crippen LogP contribution in [0.1, 0.15) is 15.9 Å². The van der Waals surface area contributed by atoms with E-state index < -0.39 is 0 Å². The summed E-state index contributed by atoms with van der Waals surface area (Å²) in [5.41, 5.74) is 1.57. The maximum atomic E-state index is 12.3. The van der Waals surface area contributed by atoms with Crippen LogP contribution in [0.3, 0.4) is 0 Å². The van der Waals surface area contributed by atoms with Crippen molar-refractivity contribution in [2.24, 2.45) is 0 Å². The first-order chi connectivity index (χ1) is 11.7. The normalized spacial score (nSPS) is 10.4. The van der Waals surface area contributed by atoms with Crippen molar-refractivity contribution >= 4 is 23.3 Å². The van der Waals surface area contributed by atoms with Crippen LogP contribution in [-0.4, -0.2) is 22.8 Å². The summed E-state index contributed by atoms with van der Waals surface area (Å²) in [5, 5.41) is 7.45. The van der Waals surface area contributed by atoms with Gasteiger partial charge in [-0.15, -0.1) is 0 Å². The van der Waals surface area contributed by atoms with Crippen molar-refractivity contribution in [1.29, 1.82) is 0 Å². The monoisotopic (exact) mass is 341 g/mol. The van der Waals surface area contributed by atoms with Gasteiger partial charge in [-0.05, 0) is 23.8 Å². The van der Waals surface area contributed by atoms with E-state index in [0.29, 0.717) is 28.7 Å². The summed E-state index contributed by atoms with van der Waals surface area (Å²) in [6.45, 7) is 0.579. The number of anilines is 1. The van der Waals surface area contributed by atoms with Crippen LogP contribution in [0.25, 0.3) is 0 Å². The number of amides is 1. The number of rotatable bonds is 5. The van der Waals surface area contributed by atoms with Gasteiger partial charge in [0.05, 0.1) is 13.7 Å². The third-order valence-electron chi connectivity index (χ3n) is 3.47. The van der Waals surface area contributed by atoms with E-state index in [1.807, 2.05) is 30.3 Å². The minimum atomic E-state index is -0.291. The van der Waals surface area contributed by atoms with E-state index in [4.69, 9.17) is 16.3 Å². The molecule has 0 aliphatic rings. The zero-order chi connectivity index (χ0) is 16.9. The Hall–Kier alpha value is -2.79. The second-order valence-electron chi connectivity index (χ2n) is 5.19. The summed E-state index contributed by atoms with van der Waals surface area (Å²) in [6, 6.07) is 16.8.